The predicted octanol–water partition coefficient (Wildman–Crippen LogP) is -1.98. The van der Waals surface area contributed by atoms with Gasteiger partial charge in [0, 0.05) is 31.3 Å². The summed E-state index contributed by atoms with van der Waals surface area (Å²) in [5.74, 6) is -0.899. The van der Waals surface area contributed by atoms with Crippen LogP contribution in [-0.2, 0) is 25.6 Å². The van der Waals surface area contributed by atoms with E-state index in [-0.39, 0.29) is 18.7 Å². The molecule has 2 fully saturated rings. The monoisotopic (exact) mass is 380 g/mol. The molecule has 2 aliphatic heterocycles. The van der Waals surface area contributed by atoms with Gasteiger partial charge in [-0.2, -0.15) is 0 Å². The zero-order valence-corrected chi connectivity index (χ0v) is 14.7. The Hall–Kier alpha value is -2.40. The van der Waals surface area contributed by atoms with E-state index in [1.54, 1.807) is 6.20 Å². The Morgan fingerprint density at radius 2 is 2.19 bits per heavy atom. The van der Waals surface area contributed by atoms with E-state index in [1.807, 2.05) is 0 Å². The molecule has 26 heavy (non-hydrogen) atoms. The van der Waals surface area contributed by atoms with Crippen molar-refractivity contribution in [2.75, 3.05) is 12.3 Å². The summed E-state index contributed by atoms with van der Waals surface area (Å²) in [4.78, 5) is 55.1. The maximum Gasteiger partial charge on any atom is 0.254 e. The van der Waals surface area contributed by atoms with Crippen LogP contribution in [0.25, 0.3) is 0 Å². The fraction of sp³-hybridized carbons (Fsp3) is 0.533. The van der Waals surface area contributed by atoms with Gasteiger partial charge in [0.15, 0.2) is 0 Å². The number of nitrogens with zero attached hydrogens (tertiary/aromatic N) is 1. The third-order valence-corrected chi connectivity index (χ3v) is 5.27. The summed E-state index contributed by atoms with van der Waals surface area (Å²) < 4.78 is 0. The normalized spacial score (nSPS) is 23.3. The van der Waals surface area contributed by atoms with Crippen LogP contribution in [0.2, 0.25) is 0 Å². The molecule has 1 aromatic rings. The lowest BCUT2D eigenvalue weighted by Crippen LogP contribution is -2.55. The molecule has 0 spiro atoms. The van der Waals surface area contributed by atoms with Gasteiger partial charge < -0.3 is 15.6 Å². The van der Waals surface area contributed by atoms with Crippen molar-refractivity contribution < 1.29 is 19.2 Å². The number of rotatable bonds is 6. The van der Waals surface area contributed by atoms with Crippen molar-refractivity contribution in [3.05, 3.63) is 18.2 Å². The number of carbonyl (C=O) groups is 4. The van der Waals surface area contributed by atoms with Crippen LogP contribution in [0.1, 0.15) is 18.5 Å². The van der Waals surface area contributed by atoms with Gasteiger partial charge >= 0.3 is 0 Å². The lowest BCUT2D eigenvalue weighted by molar-refractivity contribution is -0.134. The minimum atomic E-state index is -0.973. The number of aromatic nitrogens is 2. The number of nitrogens with one attached hydrogen (secondary N) is 5. The molecule has 3 atom stereocenters. The summed E-state index contributed by atoms with van der Waals surface area (Å²) in [5.41, 5.74) is 0.571. The van der Waals surface area contributed by atoms with Crippen molar-refractivity contribution in [1.29, 1.82) is 0 Å². The van der Waals surface area contributed by atoms with Crippen LogP contribution < -0.4 is 21.3 Å². The van der Waals surface area contributed by atoms with Crippen LogP contribution in [0, 0.1) is 0 Å². The highest BCUT2D eigenvalue weighted by atomic mass is 32.2. The third kappa shape index (κ3) is 4.61. The van der Waals surface area contributed by atoms with Gasteiger partial charge in [-0.15, -0.1) is 11.8 Å². The molecule has 0 radical (unpaired) electrons. The minimum Gasteiger partial charge on any atom is -0.351 e. The molecule has 0 aliphatic carbocycles. The predicted molar refractivity (Wildman–Crippen MR) is 92.8 cm³/mol. The summed E-state index contributed by atoms with van der Waals surface area (Å²) >= 11 is 1.42. The number of hydrogen-bond acceptors (Lipinski definition) is 7. The summed E-state index contributed by atoms with van der Waals surface area (Å²) in [6.07, 6.45) is 3.86. The fourth-order valence-corrected chi connectivity index (χ4v) is 3.69. The number of imide groups is 1. The van der Waals surface area contributed by atoms with Crippen LogP contribution in [0.3, 0.4) is 0 Å². The second kappa shape index (κ2) is 8.32. The largest absolute Gasteiger partial charge is 0.351 e. The van der Waals surface area contributed by atoms with Gasteiger partial charge in [-0.25, -0.2) is 4.98 Å². The van der Waals surface area contributed by atoms with E-state index in [9.17, 15) is 19.2 Å². The molecular formula is C15H20N6O4S. The molecule has 11 heteroatoms. The maximum atomic E-state index is 12.5. The number of imidazole rings is 1. The molecule has 1 aromatic heterocycles. The standard InChI is InChI=1S/C15H20N6O4S/c22-11-2-1-9(19-11)12(23)20-10(5-8-6-16-7-18-8)13(24)21-14(25)15-17-3-4-26-15/h6-7,9-10,15,17H,1-5H2,(H,16,18)(H,19,22)(H,20,23)(H,21,24,25)/t9-,10-,15?/m0/s1. The highest BCUT2D eigenvalue weighted by molar-refractivity contribution is 8.00. The zero-order chi connectivity index (χ0) is 18.5. The second-order valence-corrected chi connectivity index (χ2v) is 7.26. The van der Waals surface area contributed by atoms with Gasteiger partial charge in [-0.05, 0) is 6.42 Å². The zero-order valence-electron chi connectivity index (χ0n) is 13.9. The van der Waals surface area contributed by atoms with E-state index in [2.05, 4.69) is 31.2 Å². The first kappa shape index (κ1) is 18.4. The molecule has 0 saturated carbocycles. The Labute approximate surface area is 153 Å². The van der Waals surface area contributed by atoms with Crippen molar-refractivity contribution in [2.24, 2.45) is 0 Å². The van der Waals surface area contributed by atoms with Gasteiger partial charge in [-0.3, -0.25) is 29.8 Å². The van der Waals surface area contributed by atoms with E-state index >= 15 is 0 Å². The average Bonchev–Trinajstić information content (AvgIpc) is 3.36. The van der Waals surface area contributed by atoms with E-state index in [0.717, 1.165) is 5.75 Å². The Morgan fingerprint density at radius 1 is 1.35 bits per heavy atom. The van der Waals surface area contributed by atoms with Crippen LogP contribution in [0.15, 0.2) is 12.5 Å². The van der Waals surface area contributed by atoms with Crippen molar-refractivity contribution in [1.82, 2.24) is 31.2 Å². The lowest BCUT2D eigenvalue weighted by atomic mass is 10.1. The Bertz CT molecular complexity index is 688. The van der Waals surface area contributed by atoms with Gasteiger partial charge in [0.1, 0.15) is 17.5 Å². The van der Waals surface area contributed by atoms with Crippen LogP contribution >= 0.6 is 11.8 Å². The number of aromatic amines is 1. The Balaban J connectivity index is 1.63. The number of hydrogen-bond donors (Lipinski definition) is 5. The van der Waals surface area contributed by atoms with Crippen LogP contribution in [0.5, 0.6) is 0 Å². The average molecular weight is 380 g/mol. The number of thioether (sulfide) groups is 1. The van der Waals surface area contributed by atoms with E-state index < -0.39 is 35.2 Å². The molecule has 0 bridgehead atoms. The second-order valence-electron chi connectivity index (χ2n) is 6.04. The first-order valence-corrected chi connectivity index (χ1v) is 9.35. The number of H-pyrrole nitrogens is 1. The SMILES string of the molecule is O=C1CC[C@@H](C(=O)N[C@@H](Cc2c[nH]cn2)C(=O)NC(=O)C2NCCS2)N1. The molecule has 140 valence electrons. The molecule has 0 aromatic carbocycles. The van der Waals surface area contributed by atoms with Gasteiger partial charge in [0.25, 0.3) is 5.91 Å². The van der Waals surface area contributed by atoms with Crippen molar-refractivity contribution in [3.63, 3.8) is 0 Å². The quantitative estimate of drug-likeness (QED) is 0.384. The molecule has 3 rings (SSSR count). The van der Waals surface area contributed by atoms with Crippen LogP contribution in [0.4, 0.5) is 0 Å². The van der Waals surface area contributed by atoms with Crippen molar-refractivity contribution in [2.45, 2.75) is 36.7 Å². The fourth-order valence-electron chi connectivity index (χ4n) is 2.77. The van der Waals surface area contributed by atoms with Gasteiger partial charge in [0.2, 0.25) is 17.7 Å². The Kier molecular flexibility index (Phi) is 5.89. The van der Waals surface area contributed by atoms with E-state index in [1.165, 1.54) is 18.1 Å². The van der Waals surface area contributed by atoms with Crippen molar-refractivity contribution in [3.8, 4) is 0 Å². The minimum absolute atomic E-state index is 0.125. The number of amides is 4. The molecular weight excluding hydrogens is 360 g/mol. The molecule has 10 nitrogen and oxygen atoms in total. The molecule has 5 N–H and O–H groups in total. The van der Waals surface area contributed by atoms with Gasteiger partial charge in [0.05, 0.1) is 12.0 Å². The highest BCUT2D eigenvalue weighted by Gasteiger charge is 2.32. The highest BCUT2D eigenvalue weighted by Crippen LogP contribution is 2.13. The molecule has 1 unspecified atom stereocenters. The Morgan fingerprint density at radius 3 is 2.81 bits per heavy atom. The molecule has 2 saturated heterocycles. The third-order valence-electron chi connectivity index (χ3n) is 4.11. The molecule has 3 heterocycles. The topological polar surface area (TPSA) is 145 Å². The van der Waals surface area contributed by atoms with E-state index in [4.69, 9.17) is 0 Å². The first-order valence-electron chi connectivity index (χ1n) is 8.30. The first-order chi connectivity index (χ1) is 12.5. The molecule has 4 amide bonds. The maximum absolute atomic E-state index is 12.5. The number of carbonyl (C=O) groups excluding carboxylic acids is 4. The van der Waals surface area contributed by atoms with Gasteiger partial charge in [-0.1, -0.05) is 0 Å². The van der Waals surface area contributed by atoms with Crippen LogP contribution in [-0.4, -0.2) is 63.4 Å². The summed E-state index contributed by atoms with van der Waals surface area (Å²) in [5, 5.41) is 10.0. The summed E-state index contributed by atoms with van der Waals surface area (Å²) in [6.45, 7) is 0.700. The van der Waals surface area contributed by atoms with Crippen molar-refractivity contribution >= 4 is 35.4 Å². The lowest BCUT2D eigenvalue weighted by Gasteiger charge is -2.20. The summed E-state index contributed by atoms with van der Waals surface area (Å²) in [6, 6.07) is -1.64. The smallest absolute Gasteiger partial charge is 0.254 e. The molecule has 2 aliphatic rings. The van der Waals surface area contributed by atoms with E-state index in [0.29, 0.717) is 18.7 Å². The summed E-state index contributed by atoms with van der Waals surface area (Å²) in [7, 11) is 0.